The molecule has 1 rings (SSSR count). The molecule has 2 nitrogen and oxygen atoms in total. The molecule has 0 amide bonds. The van der Waals surface area contributed by atoms with Crippen LogP contribution >= 0.6 is 0 Å². The molecular weight excluding hydrogens is 174 g/mol. The lowest BCUT2D eigenvalue weighted by molar-refractivity contribution is -0.117. The van der Waals surface area contributed by atoms with E-state index in [1.807, 2.05) is 44.2 Å². The Morgan fingerprint density at radius 2 is 1.86 bits per heavy atom. The van der Waals surface area contributed by atoms with Crippen molar-refractivity contribution in [3.63, 3.8) is 0 Å². The molecule has 0 fully saturated rings. The summed E-state index contributed by atoms with van der Waals surface area (Å²) in [5.41, 5.74) is 7.20. The summed E-state index contributed by atoms with van der Waals surface area (Å²) in [6.45, 7) is 3.72. The minimum Gasteiger partial charge on any atom is -0.398 e. The van der Waals surface area contributed by atoms with Gasteiger partial charge in [0.2, 0.25) is 0 Å². The molecule has 2 heteroatoms. The average molecular weight is 189 g/mol. The van der Waals surface area contributed by atoms with Crippen molar-refractivity contribution >= 4 is 11.5 Å². The first kappa shape index (κ1) is 10.5. The zero-order valence-corrected chi connectivity index (χ0v) is 8.53. The van der Waals surface area contributed by atoms with Crippen molar-refractivity contribution < 1.29 is 4.79 Å². The van der Waals surface area contributed by atoms with Crippen molar-refractivity contribution in [3.8, 4) is 0 Å². The second kappa shape index (κ2) is 4.61. The quantitative estimate of drug-likeness (QED) is 0.741. The summed E-state index contributed by atoms with van der Waals surface area (Å²) in [5.74, 6) is 0.0589. The summed E-state index contributed by atoms with van der Waals surface area (Å²) in [6, 6.07) is 9.49. The highest BCUT2D eigenvalue weighted by molar-refractivity contribution is 5.97. The highest BCUT2D eigenvalue weighted by Gasteiger charge is 2.04. The zero-order chi connectivity index (χ0) is 10.6. The van der Waals surface area contributed by atoms with Crippen molar-refractivity contribution in [1.29, 1.82) is 0 Å². The molecule has 74 valence electrons. The smallest absolute Gasteiger partial charge is 0.160 e. The number of carbonyl (C=O) groups excluding carboxylic acids is 1. The van der Waals surface area contributed by atoms with E-state index in [0.717, 1.165) is 5.56 Å². The van der Waals surface area contributed by atoms with Gasteiger partial charge in [-0.3, -0.25) is 4.79 Å². The van der Waals surface area contributed by atoms with Crippen LogP contribution in [0.3, 0.4) is 0 Å². The molecule has 0 radical (unpaired) electrons. The van der Waals surface area contributed by atoms with E-state index >= 15 is 0 Å². The Balaban J connectivity index is 2.85. The van der Waals surface area contributed by atoms with Crippen LogP contribution in [-0.4, -0.2) is 5.78 Å². The van der Waals surface area contributed by atoms with Gasteiger partial charge >= 0.3 is 0 Å². The first-order valence-electron chi connectivity index (χ1n) is 4.67. The van der Waals surface area contributed by atoms with E-state index in [9.17, 15) is 4.79 Å². The van der Waals surface area contributed by atoms with E-state index in [2.05, 4.69) is 0 Å². The van der Waals surface area contributed by atoms with Crippen LogP contribution in [0.2, 0.25) is 0 Å². The van der Waals surface area contributed by atoms with Crippen molar-refractivity contribution in [3.05, 3.63) is 42.0 Å². The van der Waals surface area contributed by atoms with Gasteiger partial charge in [0.25, 0.3) is 0 Å². The number of hydrogen-bond acceptors (Lipinski definition) is 2. The Morgan fingerprint density at radius 1 is 1.29 bits per heavy atom. The maximum Gasteiger partial charge on any atom is 0.160 e. The van der Waals surface area contributed by atoms with Gasteiger partial charge in [-0.2, -0.15) is 0 Å². The molecule has 0 aliphatic carbocycles. The predicted octanol–water partition coefficient (Wildman–Crippen LogP) is 2.21. The van der Waals surface area contributed by atoms with Gasteiger partial charge in [0, 0.05) is 17.7 Å². The van der Waals surface area contributed by atoms with Crippen molar-refractivity contribution in [1.82, 2.24) is 0 Å². The van der Waals surface area contributed by atoms with Crippen LogP contribution in [-0.2, 0) is 4.79 Å². The normalized spacial score (nSPS) is 11.8. The molecule has 0 saturated heterocycles. The Morgan fingerprint density at radius 3 is 2.36 bits per heavy atom. The molecule has 0 atom stereocenters. The van der Waals surface area contributed by atoms with E-state index in [1.165, 1.54) is 6.08 Å². The summed E-state index contributed by atoms with van der Waals surface area (Å²) in [7, 11) is 0. The van der Waals surface area contributed by atoms with Crippen LogP contribution in [0.15, 0.2) is 36.4 Å². The number of carbonyl (C=O) groups is 1. The fourth-order valence-corrected chi connectivity index (χ4v) is 1.03. The Kier molecular flexibility index (Phi) is 3.46. The van der Waals surface area contributed by atoms with E-state index in [4.69, 9.17) is 5.73 Å². The molecular formula is C12H15NO. The van der Waals surface area contributed by atoms with Gasteiger partial charge in [-0.05, 0) is 5.56 Å². The highest BCUT2D eigenvalue weighted by Crippen LogP contribution is 2.09. The number of rotatable bonds is 3. The average Bonchev–Trinajstić information content (AvgIpc) is 2.19. The summed E-state index contributed by atoms with van der Waals surface area (Å²) in [5, 5.41) is 0. The first-order valence-corrected chi connectivity index (χ1v) is 4.67. The van der Waals surface area contributed by atoms with Crippen LogP contribution < -0.4 is 5.73 Å². The lowest BCUT2D eigenvalue weighted by Crippen LogP contribution is -2.07. The van der Waals surface area contributed by atoms with Crippen LogP contribution in [0, 0.1) is 5.92 Å². The van der Waals surface area contributed by atoms with Gasteiger partial charge in [-0.15, -0.1) is 0 Å². The van der Waals surface area contributed by atoms with Crippen LogP contribution in [0.4, 0.5) is 0 Å². The lowest BCUT2D eigenvalue weighted by atomic mass is 10.1. The summed E-state index contributed by atoms with van der Waals surface area (Å²) in [4.78, 5) is 11.4. The van der Waals surface area contributed by atoms with Crippen LogP contribution in [0.5, 0.6) is 0 Å². The third-order valence-electron chi connectivity index (χ3n) is 1.97. The maximum absolute atomic E-state index is 11.4. The molecule has 0 spiro atoms. The van der Waals surface area contributed by atoms with E-state index in [1.54, 1.807) is 0 Å². The second-order valence-corrected chi connectivity index (χ2v) is 3.52. The number of allylic oxidation sites excluding steroid dienone is 1. The molecule has 0 heterocycles. The van der Waals surface area contributed by atoms with E-state index in [-0.39, 0.29) is 11.7 Å². The van der Waals surface area contributed by atoms with Gasteiger partial charge in [0.15, 0.2) is 5.78 Å². The molecule has 1 aromatic carbocycles. The maximum atomic E-state index is 11.4. The fraction of sp³-hybridized carbons (Fsp3) is 0.250. The molecule has 0 unspecified atom stereocenters. The van der Waals surface area contributed by atoms with Crippen molar-refractivity contribution in [2.75, 3.05) is 0 Å². The molecule has 0 bridgehead atoms. The van der Waals surface area contributed by atoms with Crippen LogP contribution in [0.1, 0.15) is 19.4 Å². The van der Waals surface area contributed by atoms with Gasteiger partial charge in [0.05, 0.1) is 0 Å². The first-order chi connectivity index (χ1) is 6.61. The molecule has 0 saturated carbocycles. The van der Waals surface area contributed by atoms with Crippen LogP contribution in [0.25, 0.3) is 5.70 Å². The SMILES string of the molecule is CC(C)C(=O)/C=C(\N)c1ccccc1. The number of ketones is 1. The molecule has 0 aliphatic heterocycles. The lowest BCUT2D eigenvalue weighted by Gasteiger charge is -2.02. The second-order valence-electron chi connectivity index (χ2n) is 3.52. The Hall–Kier alpha value is -1.57. The predicted molar refractivity (Wildman–Crippen MR) is 58.5 cm³/mol. The number of benzene rings is 1. The minimum absolute atomic E-state index is 0.00253. The molecule has 0 aromatic heterocycles. The number of hydrogen-bond donors (Lipinski definition) is 1. The molecule has 1 aromatic rings. The Labute approximate surface area is 84.4 Å². The third-order valence-corrected chi connectivity index (χ3v) is 1.97. The largest absolute Gasteiger partial charge is 0.398 e. The van der Waals surface area contributed by atoms with Crippen molar-refractivity contribution in [2.45, 2.75) is 13.8 Å². The minimum atomic E-state index is -0.00253. The molecule has 0 aliphatic rings. The highest BCUT2D eigenvalue weighted by atomic mass is 16.1. The topological polar surface area (TPSA) is 43.1 Å². The van der Waals surface area contributed by atoms with Gasteiger partial charge in [0.1, 0.15) is 0 Å². The third kappa shape index (κ3) is 2.73. The Bertz CT molecular complexity index is 339. The monoisotopic (exact) mass is 189 g/mol. The van der Waals surface area contributed by atoms with E-state index < -0.39 is 0 Å². The van der Waals surface area contributed by atoms with Gasteiger partial charge in [-0.25, -0.2) is 0 Å². The summed E-state index contributed by atoms with van der Waals surface area (Å²) in [6.07, 6.45) is 1.50. The zero-order valence-electron chi connectivity index (χ0n) is 8.53. The molecule has 2 N–H and O–H groups in total. The summed E-state index contributed by atoms with van der Waals surface area (Å²) < 4.78 is 0. The fourth-order valence-electron chi connectivity index (χ4n) is 1.03. The van der Waals surface area contributed by atoms with Gasteiger partial charge in [-0.1, -0.05) is 44.2 Å². The standard InChI is InChI=1S/C12H15NO/c1-9(2)12(14)8-11(13)10-6-4-3-5-7-10/h3-9H,13H2,1-2H3/b11-8-. The number of nitrogens with two attached hydrogens (primary N) is 1. The van der Waals surface area contributed by atoms with Gasteiger partial charge < -0.3 is 5.73 Å². The van der Waals surface area contributed by atoms with E-state index in [0.29, 0.717) is 5.70 Å². The molecule has 14 heavy (non-hydrogen) atoms. The van der Waals surface area contributed by atoms with Crippen molar-refractivity contribution in [2.24, 2.45) is 11.7 Å². The summed E-state index contributed by atoms with van der Waals surface area (Å²) >= 11 is 0.